The van der Waals surface area contributed by atoms with Gasteiger partial charge in [-0.05, 0) is 25.7 Å². The van der Waals surface area contributed by atoms with Gasteiger partial charge in [0.2, 0.25) is 23.6 Å². The summed E-state index contributed by atoms with van der Waals surface area (Å²) in [4.78, 5) is 73.6. The molecule has 0 aliphatic carbocycles. The first-order valence-electron chi connectivity index (χ1n) is 31.3. The van der Waals surface area contributed by atoms with Crippen LogP contribution in [-0.4, -0.2) is 225 Å². The van der Waals surface area contributed by atoms with Crippen molar-refractivity contribution in [3.63, 3.8) is 0 Å². The van der Waals surface area contributed by atoms with Crippen LogP contribution in [0.5, 0.6) is 0 Å². The van der Waals surface area contributed by atoms with E-state index in [-0.39, 0.29) is 81.1 Å². The number of hydrogen-bond donors (Lipinski definition) is 5. The molecule has 0 unspecified atom stereocenters. The molecule has 0 heterocycles. The summed E-state index contributed by atoms with van der Waals surface area (Å²) < 4.78 is 65.9. The zero-order valence-corrected chi connectivity index (χ0v) is 51.7. The summed E-state index contributed by atoms with van der Waals surface area (Å²) in [5, 5.41) is 20.4. The van der Waals surface area contributed by atoms with Crippen molar-refractivity contribution in [2.24, 2.45) is 0 Å². The van der Waals surface area contributed by atoms with E-state index in [4.69, 9.17) is 63.3 Å². The van der Waals surface area contributed by atoms with Gasteiger partial charge < -0.3 is 83.2 Å². The maximum atomic E-state index is 13.0. The lowest BCUT2D eigenvalue weighted by atomic mass is 10.0. The summed E-state index contributed by atoms with van der Waals surface area (Å²) in [7, 11) is 1.59. The van der Waals surface area contributed by atoms with Crippen molar-refractivity contribution in [1.82, 2.24) is 21.3 Å². The fraction of sp³-hybridized carbons (Fsp3) is 0.869. The number of aliphatic carboxylic acids is 1. The highest BCUT2D eigenvalue weighted by molar-refractivity contribution is 5.87. The second-order valence-corrected chi connectivity index (χ2v) is 20.0. The first-order chi connectivity index (χ1) is 41.1. The van der Waals surface area contributed by atoms with Crippen LogP contribution in [0.2, 0.25) is 0 Å². The topological polar surface area (TPSA) is 282 Å². The molecule has 0 bridgehead atoms. The number of ether oxygens (including phenoxy) is 12. The van der Waals surface area contributed by atoms with E-state index in [1.807, 2.05) is 0 Å². The van der Waals surface area contributed by atoms with E-state index < -0.39 is 18.1 Å². The predicted molar refractivity (Wildman–Crippen MR) is 319 cm³/mol. The van der Waals surface area contributed by atoms with E-state index in [0.29, 0.717) is 190 Å². The number of terminal acetylenes is 1. The summed E-state index contributed by atoms with van der Waals surface area (Å²) in [6.45, 7) is 12.7. The number of carbonyl (C=O) groups excluding carboxylic acids is 5. The number of ketones is 1. The lowest BCUT2D eigenvalue weighted by Crippen LogP contribution is -2.47. The molecule has 23 nitrogen and oxygen atoms in total. The summed E-state index contributed by atoms with van der Waals surface area (Å²) in [6, 6.07) is -1.89. The van der Waals surface area contributed by atoms with E-state index in [2.05, 4.69) is 34.1 Å². The molecule has 490 valence electrons. The molecule has 0 aromatic rings. The molecular formula is C61H112N4O19. The van der Waals surface area contributed by atoms with Gasteiger partial charge in [0.15, 0.2) is 0 Å². The largest absolute Gasteiger partial charge is 0.480 e. The van der Waals surface area contributed by atoms with Crippen molar-refractivity contribution in [1.29, 1.82) is 0 Å². The Labute approximate surface area is 503 Å². The minimum atomic E-state index is -1.15. The standard InChI is InChI=1S/C61H112N4O19/c1-4-6-8-9-10-11-12-13-14-15-16-17-21-25-59(69)65-56(61(71)72)27-26-54(66)22-19-18-20-23-55(64-58(68)24-7-5-2)60(70)63-29-31-74-33-35-76-37-39-78-41-43-80-45-47-82-49-51-84-53-52-83-50-48-81-46-44-79-42-40-77-38-36-75-34-32-73-30-28-57(67)62-3/h2,55-56H,4,6-53H2,1,3H3,(H,62,67)(H,63,70)(H,64,68)(H,65,69)(H,71,72)/t55-,56-/m0/s1. The van der Waals surface area contributed by atoms with E-state index >= 15 is 0 Å². The second-order valence-electron chi connectivity index (χ2n) is 20.0. The van der Waals surface area contributed by atoms with Crippen LogP contribution in [0.15, 0.2) is 0 Å². The van der Waals surface area contributed by atoms with Gasteiger partial charge in [-0.3, -0.25) is 24.0 Å². The Kier molecular flexibility index (Phi) is 62.1. The maximum absolute atomic E-state index is 13.0. The Morgan fingerprint density at radius 2 is 0.726 bits per heavy atom. The Hall–Kier alpha value is -3.90. The van der Waals surface area contributed by atoms with Gasteiger partial charge in [-0.15, -0.1) is 12.3 Å². The van der Waals surface area contributed by atoms with E-state index in [9.17, 15) is 33.9 Å². The Morgan fingerprint density at radius 1 is 0.381 bits per heavy atom. The Morgan fingerprint density at radius 3 is 1.12 bits per heavy atom. The Bertz CT molecular complexity index is 1590. The van der Waals surface area contributed by atoms with Crippen LogP contribution < -0.4 is 21.3 Å². The lowest BCUT2D eigenvalue weighted by Gasteiger charge is -2.18. The number of hydrogen-bond acceptors (Lipinski definition) is 18. The number of carbonyl (C=O) groups is 6. The third-order valence-corrected chi connectivity index (χ3v) is 12.8. The fourth-order valence-corrected chi connectivity index (χ4v) is 8.01. The van der Waals surface area contributed by atoms with E-state index in [0.717, 1.165) is 19.3 Å². The van der Waals surface area contributed by atoms with Crippen molar-refractivity contribution in [2.45, 2.75) is 173 Å². The predicted octanol–water partition coefficient (Wildman–Crippen LogP) is 5.69. The van der Waals surface area contributed by atoms with Gasteiger partial charge in [-0.25, -0.2) is 4.79 Å². The van der Waals surface area contributed by atoms with Gasteiger partial charge in [0, 0.05) is 52.1 Å². The van der Waals surface area contributed by atoms with Crippen LogP contribution in [-0.2, 0) is 85.6 Å². The van der Waals surface area contributed by atoms with Crippen molar-refractivity contribution in [3.05, 3.63) is 0 Å². The van der Waals surface area contributed by atoms with Crippen LogP contribution in [0.4, 0.5) is 0 Å². The first kappa shape index (κ1) is 80.1. The fourth-order valence-electron chi connectivity index (χ4n) is 8.01. The van der Waals surface area contributed by atoms with Gasteiger partial charge >= 0.3 is 5.97 Å². The van der Waals surface area contributed by atoms with Crippen LogP contribution >= 0.6 is 0 Å². The highest BCUT2D eigenvalue weighted by Crippen LogP contribution is 2.14. The molecule has 2 atom stereocenters. The molecule has 0 aliphatic heterocycles. The molecule has 0 aromatic heterocycles. The third kappa shape index (κ3) is 59.8. The maximum Gasteiger partial charge on any atom is 0.326 e. The number of nitrogens with one attached hydrogen (secondary N) is 4. The molecule has 0 aliphatic rings. The molecule has 0 aromatic carbocycles. The summed E-state index contributed by atoms with van der Waals surface area (Å²) in [6.07, 6.45) is 24.3. The SMILES string of the molecule is C#CCCC(=O)N[C@@H](CCCCCC(=O)CC[C@H](NC(=O)CCCCCCCCCCCCCCC)C(=O)O)C(=O)NCCOCCOCCOCCOCCOCCOCCOCCOCCOCCOCCOCCOCCC(=O)NC. The average molecular weight is 1210 g/mol. The van der Waals surface area contributed by atoms with E-state index in [1.165, 1.54) is 57.8 Å². The molecule has 0 fully saturated rings. The average Bonchev–Trinajstić information content (AvgIpc) is 3.49. The summed E-state index contributed by atoms with van der Waals surface area (Å²) in [5.74, 6) is 0.169. The molecule has 0 rings (SSSR count). The minimum Gasteiger partial charge on any atom is -0.480 e. The highest BCUT2D eigenvalue weighted by atomic mass is 16.6. The number of Topliss-reactive ketones (excluding diaryl/α,β-unsaturated/α-hetero) is 1. The zero-order chi connectivity index (χ0) is 61.3. The van der Waals surface area contributed by atoms with Crippen LogP contribution in [0.3, 0.4) is 0 Å². The van der Waals surface area contributed by atoms with Crippen LogP contribution in [0.25, 0.3) is 0 Å². The molecule has 0 saturated heterocycles. The molecule has 84 heavy (non-hydrogen) atoms. The van der Waals surface area contributed by atoms with Crippen LogP contribution in [0.1, 0.15) is 161 Å². The third-order valence-electron chi connectivity index (χ3n) is 12.8. The second kappa shape index (κ2) is 65.1. The normalized spacial score (nSPS) is 12.0. The number of rotatable bonds is 68. The van der Waals surface area contributed by atoms with Gasteiger partial charge in [0.25, 0.3) is 0 Å². The van der Waals surface area contributed by atoms with Crippen molar-refractivity contribution in [3.8, 4) is 12.3 Å². The van der Waals surface area contributed by atoms with E-state index in [1.54, 1.807) is 7.05 Å². The number of carboxylic acids is 1. The monoisotopic (exact) mass is 1200 g/mol. The molecule has 4 amide bonds. The molecule has 0 saturated carbocycles. The number of amides is 4. The quantitative estimate of drug-likeness (QED) is 0.0361. The van der Waals surface area contributed by atoms with Gasteiger partial charge in [0.1, 0.15) is 17.9 Å². The van der Waals surface area contributed by atoms with Gasteiger partial charge in [-0.2, -0.15) is 0 Å². The van der Waals surface area contributed by atoms with Crippen molar-refractivity contribution < 1.29 is 90.7 Å². The van der Waals surface area contributed by atoms with Crippen molar-refractivity contribution >= 4 is 35.4 Å². The smallest absolute Gasteiger partial charge is 0.326 e. The molecule has 0 radical (unpaired) electrons. The van der Waals surface area contributed by atoms with Crippen LogP contribution in [0, 0.1) is 12.3 Å². The molecule has 23 heteroatoms. The lowest BCUT2D eigenvalue weighted by molar-refractivity contribution is -0.142. The van der Waals surface area contributed by atoms with Gasteiger partial charge in [-0.1, -0.05) is 96.8 Å². The molecule has 0 spiro atoms. The molecule has 5 N–H and O–H groups in total. The minimum absolute atomic E-state index is 0.0318. The highest BCUT2D eigenvalue weighted by Gasteiger charge is 2.22. The first-order valence-corrected chi connectivity index (χ1v) is 31.3. The molecular weight excluding hydrogens is 1090 g/mol. The van der Waals surface area contributed by atoms with Crippen molar-refractivity contribution in [2.75, 3.05) is 172 Å². The Balaban J connectivity index is 3.80. The number of carboxylic acid groups (broad SMARTS) is 1. The number of unbranched alkanes of at least 4 members (excludes halogenated alkanes) is 14. The van der Waals surface area contributed by atoms with Gasteiger partial charge in [0.05, 0.1) is 159 Å². The zero-order valence-electron chi connectivity index (χ0n) is 51.7. The summed E-state index contributed by atoms with van der Waals surface area (Å²) in [5.41, 5.74) is 0. The summed E-state index contributed by atoms with van der Waals surface area (Å²) >= 11 is 0.